The van der Waals surface area contributed by atoms with E-state index < -0.39 is 0 Å². The van der Waals surface area contributed by atoms with Crippen LogP contribution < -0.4 is 4.90 Å². The summed E-state index contributed by atoms with van der Waals surface area (Å²) in [4.78, 5) is 14.7. The first kappa shape index (κ1) is 16.3. The third kappa shape index (κ3) is 2.82. The van der Waals surface area contributed by atoms with Crippen molar-refractivity contribution in [1.29, 1.82) is 0 Å². The minimum Gasteiger partial charge on any atom is -0.276 e. The summed E-state index contributed by atoms with van der Waals surface area (Å²) in [6.45, 7) is 4.01. The van der Waals surface area contributed by atoms with E-state index >= 15 is 0 Å². The topological polar surface area (TPSA) is 20.3 Å². The highest BCUT2D eigenvalue weighted by Crippen LogP contribution is 2.38. The average molecular weight is 343 g/mol. The summed E-state index contributed by atoms with van der Waals surface area (Å²) in [5, 5.41) is 0. The van der Waals surface area contributed by atoms with Crippen molar-refractivity contribution in [2.45, 2.75) is 13.8 Å². The predicted octanol–water partition coefficient (Wildman–Crippen LogP) is 5.60. The zero-order valence-corrected chi connectivity index (χ0v) is 14.7. The second-order valence-corrected chi connectivity index (χ2v) is 6.61. The Hall–Kier alpha value is -3.20. The molecule has 0 spiro atoms. The first-order valence-electron chi connectivity index (χ1n) is 8.52. The largest absolute Gasteiger partial charge is 0.276 e. The lowest BCUT2D eigenvalue weighted by molar-refractivity contribution is 0.101. The maximum absolute atomic E-state index is 13.4. The second kappa shape index (κ2) is 6.26. The molecule has 1 heterocycles. The van der Waals surface area contributed by atoms with E-state index in [0.29, 0.717) is 11.3 Å². The molecule has 0 radical (unpaired) electrons. The van der Waals surface area contributed by atoms with Crippen molar-refractivity contribution in [2.24, 2.45) is 0 Å². The van der Waals surface area contributed by atoms with Gasteiger partial charge in [-0.05, 0) is 55.8 Å². The highest BCUT2D eigenvalue weighted by Gasteiger charge is 2.33. The number of hydrogen-bond donors (Lipinski definition) is 0. The summed E-state index contributed by atoms with van der Waals surface area (Å²) in [7, 11) is 0. The van der Waals surface area contributed by atoms with E-state index in [1.807, 2.05) is 62.4 Å². The number of aryl methyl sites for hydroxylation is 2. The molecule has 0 N–H and O–H groups in total. The summed E-state index contributed by atoms with van der Waals surface area (Å²) in [5.41, 5.74) is 6.26. The van der Waals surface area contributed by atoms with Gasteiger partial charge in [-0.25, -0.2) is 4.39 Å². The Labute approximate surface area is 152 Å². The van der Waals surface area contributed by atoms with Crippen molar-refractivity contribution in [3.8, 4) is 0 Å². The molecule has 0 saturated heterocycles. The highest BCUT2D eigenvalue weighted by molar-refractivity contribution is 6.24. The van der Waals surface area contributed by atoms with Crippen LogP contribution in [0.3, 0.4) is 0 Å². The molecule has 0 unspecified atom stereocenters. The quantitative estimate of drug-likeness (QED) is 0.593. The highest BCUT2D eigenvalue weighted by atomic mass is 19.1. The van der Waals surface area contributed by atoms with Gasteiger partial charge < -0.3 is 0 Å². The molecule has 1 aliphatic heterocycles. The van der Waals surface area contributed by atoms with Gasteiger partial charge in [0.15, 0.2) is 0 Å². The fourth-order valence-electron chi connectivity index (χ4n) is 3.22. The molecular weight excluding hydrogens is 325 g/mol. The minimum atomic E-state index is -0.321. The van der Waals surface area contributed by atoms with Crippen LogP contribution in [-0.4, -0.2) is 5.91 Å². The van der Waals surface area contributed by atoms with Gasteiger partial charge in [0, 0.05) is 16.8 Å². The molecule has 26 heavy (non-hydrogen) atoms. The fourth-order valence-corrected chi connectivity index (χ4v) is 3.22. The van der Waals surface area contributed by atoms with Crippen LogP contribution in [-0.2, 0) is 0 Å². The number of fused-ring (bicyclic) bond motifs is 1. The van der Waals surface area contributed by atoms with Gasteiger partial charge in [-0.15, -0.1) is 0 Å². The fraction of sp³-hybridized carbons (Fsp3) is 0.0870. The molecule has 0 bridgehead atoms. The molecule has 3 heteroatoms. The summed E-state index contributed by atoms with van der Waals surface area (Å²) in [5.74, 6) is -0.411. The molecule has 0 fully saturated rings. The number of carbonyl (C=O) groups is 1. The molecule has 0 saturated carbocycles. The molecule has 1 amide bonds. The van der Waals surface area contributed by atoms with Gasteiger partial charge in [0.1, 0.15) is 5.82 Å². The van der Waals surface area contributed by atoms with Gasteiger partial charge in [-0.3, -0.25) is 9.69 Å². The van der Waals surface area contributed by atoms with Crippen LogP contribution >= 0.6 is 0 Å². The summed E-state index contributed by atoms with van der Waals surface area (Å²) in [6.07, 6.45) is 2.00. The van der Waals surface area contributed by atoms with E-state index in [9.17, 15) is 9.18 Å². The first-order valence-corrected chi connectivity index (χ1v) is 8.52. The minimum absolute atomic E-state index is 0.0892. The lowest BCUT2D eigenvalue weighted by Gasteiger charge is -2.19. The van der Waals surface area contributed by atoms with E-state index in [0.717, 1.165) is 22.4 Å². The number of rotatable bonds is 2. The Morgan fingerprint density at radius 2 is 1.46 bits per heavy atom. The second-order valence-electron chi connectivity index (χ2n) is 6.61. The number of benzene rings is 3. The monoisotopic (exact) mass is 343 g/mol. The summed E-state index contributed by atoms with van der Waals surface area (Å²) in [6, 6.07) is 20.1. The predicted molar refractivity (Wildman–Crippen MR) is 103 cm³/mol. The third-order valence-corrected chi connectivity index (χ3v) is 4.59. The molecule has 0 atom stereocenters. The summed E-state index contributed by atoms with van der Waals surface area (Å²) >= 11 is 0. The molecule has 0 aromatic heterocycles. The number of nitrogens with zero attached hydrogens (tertiary/aromatic N) is 1. The van der Waals surface area contributed by atoms with Crippen molar-refractivity contribution >= 4 is 23.4 Å². The molecule has 128 valence electrons. The standard InChI is InChI=1S/C23H18FNO/c1-15-3-6-17(7-4-15)14-22-20-12-5-16(2)13-21(20)23(26)25(22)19-10-8-18(24)9-11-19/h3-14H,1-2H3/b22-14-. The van der Waals surface area contributed by atoms with Crippen LogP contribution in [0.15, 0.2) is 66.7 Å². The Kier molecular flexibility index (Phi) is 3.92. The number of halogens is 1. The number of hydrogen-bond acceptors (Lipinski definition) is 1. The molecule has 3 aromatic rings. The average Bonchev–Trinajstić information content (AvgIpc) is 2.89. The van der Waals surface area contributed by atoms with Crippen molar-refractivity contribution in [2.75, 3.05) is 4.90 Å². The normalized spacial score (nSPS) is 14.8. The van der Waals surface area contributed by atoms with Crippen molar-refractivity contribution in [3.63, 3.8) is 0 Å². The van der Waals surface area contributed by atoms with E-state index in [-0.39, 0.29) is 11.7 Å². The van der Waals surface area contributed by atoms with E-state index in [1.165, 1.54) is 17.7 Å². The number of amides is 1. The molecule has 3 aromatic carbocycles. The van der Waals surface area contributed by atoms with Crippen LogP contribution in [0.5, 0.6) is 0 Å². The molecule has 1 aliphatic rings. The molecule has 2 nitrogen and oxygen atoms in total. The van der Waals surface area contributed by atoms with Gasteiger partial charge in [0.2, 0.25) is 0 Å². The van der Waals surface area contributed by atoms with E-state index in [2.05, 4.69) is 0 Å². The van der Waals surface area contributed by atoms with Crippen LogP contribution in [0.4, 0.5) is 10.1 Å². The lowest BCUT2D eigenvalue weighted by Crippen LogP contribution is -2.22. The summed E-state index contributed by atoms with van der Waals surface area (Å²) < 4.78 is 13.4. The van der Waals surface area contributed by atoms with Crippen LogP contribution in [0.1, 0.15) is 32.6 Å². The number of anilines is 1. The van der Waals surface area contributed by atoms with E-state index in [1.54, 1.807) is 17.0 Å². The zero-order chi connectivity index (χ0) is 18.3. The Morgan fingerprint density at radius 1 is 0.808 bits per heavy atom. The third-order valence-electron chi connectivity index (χ3n) is 4.59. The van der Waals surface area contributed by atoms with E-state index in [4.69, 9.17) is 0 Å². The Bertz CT molecular complexity index is 1020. The zero-order valence-electron chi connectivity index (χ0n) is 14.7. The Balaban J connectivity index is 1.89. The van der Waals surface area contributed by atoms with Crippen LogP contribution in [0, 0.1) is 19.7 Å². The van der Waals surface area contributed by atoms with Crippen molar-refractivity contribution in [3.05, 3.63) is 100 Å². The first-order chi connectivity index (χ1) is 12.5. The van der Waals surface area contributed by atoms with Gasteiger partial charge in [-0.2, -0.15) is 0 Å². The van der Waals surface area contributed by atoms with Gasteiger partial charge in [0.05, 0.1) is 5.70 Å². The number of carbonyl (C=O) groups excluding carboxylic acids is 1. The van der Waals surface area contributed by atoms with Gasteiger partial charge >= 0.3 is 0 Å². The maximum Gasteiger partial charge on any atom is 0.263 e. The molecule has 4 rings (SSSR count). The van der Waals surface area contributed by atoms with Crippen LogP contribution in [0.2, 0.25) is 0 Å². The Morgan fingerprint density at radius 3 is 2.15 bits per heavy atom. The molecular formula is C23H18FNO. The lowest BCUT2D eigenvalue weighted by atomic mass is 10.0. The van der Waals surface area contributed by atoms with Crippen molar-refractivity contribution in [1.82, 2.24) is 0 Å². The SMILES string of the molecule is Cc1ccc(/C=C2/c3ccc(C)cc3C(=O)N2c2ccc(F)cc2)cc1. The van der Waals surface area contributed by atoms with Crippen LogP contribution in [0.25, 0.3) is 11.8 Å². The van der Waals surface area contributed by atoms with Crippen molar-refractivity contribution < 1.29 is 9.18 Å². The van der Waals surface area contributed by atoms with Gasteiger partial charge in [-0.1, -0.05) is 47.5 Å². The smallest absolute Gasteiger partial charge is 0.263 e. The van der Waals surface area contributed by atoms with Gasteiger partial charge in [0.25, 0.3) is 5.91 Å². The maximum atomic E-state index is 13.4. The molecule has 0 aliphatic carbocycles.